The molecule has 0 saturated carbocycles. The molecule has 2 N–H and O–H groups in total. The van der Waals surface area contributed by atoms with Gasteiger partial charge in [-0.1, -0.05) is 30.3 Å². The molecule has 2 saturated heterocycles. The van der Waals surface area contributed by atoms with Crippen molar-refractivity contribution >= 4 is 0 Å². The predicted molar refractivity (Wildman–Crippen MR) is 84.4 cm³/mol. The van der Waals surface area contributed by atoms with Gasteiger partial charge in [-0.3, -0.25) is 0 Å². The summed E-state index contributed by atoms with van der Waals surface area (Å²) < 4.78 is 6.43. The average Bonchev–Trinajstić information content (AvgIpc) is 2.53. The highest BCUT2D eigenvalue weighted by Crippen LogP contribution is 2.49. The normalized spacial score (nSPS) is 43.3. The van der Waals surface area contributed by atoms with E-state index in [4.69, 9.17) is 4.74 Å². The number of aliphatic hydroxyl groups is 1. The highest BCUT2D eigenvalue weighted by Gasteiger charge is 2.52. The first-order valence-corrected chi connectivity index (χ1v) is 8.06. The van der Waals surface area contributed by atoms with Crippen LogP contribution in [0.25, 0.3) is 0 Å². The van der Waals surface area contributed by atoms with E-state index in [0.29, 0.717) is 5.92 Å². The molecule has 5 atom stereocenters. The summed E-state index contributed by atoms with van der Waals surface area (Å²) in [7, 11) is 1.93. The fraction of sp³-hybridized carbons (Fsp3) is 0.667. The number of likely N-dealkylation sites (N-methyl/N-ethyl adjacent to an activating group) is 1. The van der Waals surface area contributed by atoms with Gasteiger partial charge < -0.3 is 15.2 Å². The second kappa shape index (κ2) is 5.38. The zero-order valence-electron chi connectivity index (χ0n) is 13.3. The summed E-state index contributed by atoms with van der Waals surface area (Å²) in [6, 6.07) is 10.8. The van der Waals surface area contributed by atoms with Gasteiger partial charge in [-0.05, 0) is 58.1 Å². The molecule has 0 unspecified atom stereocenters. The molecule has 3 heteroatoms. The van der Waals surface area contributed by atoms with Crippen molar-refractivity contribution in [1.29, 1.82) is 0 Å². The molecule has 0 radical (unpaired) electrons. The highest BCUT2D eigenvalue weighted by molar-refractivity contribution is 5.23. The quantitative estimate of drug-likeness (QED) is 0.879. The molecule has 2 bridgehead atoms. The molecule has 2 aliphatic heterocycles. The van der Waals surface area contributed by atoms with Gasteiger partial charge >= 0.3 is 0 Å². The average molecular weight is 289 g/mol. The fourth-order valence-corrected chi connectivity index (χ4v) is 4.37. The van der Waals surface area contributed by atoms with Crippen LogP contribution in [0, 0.1) is 0 Å². The highest BCUT2D eigenvalue weighted by atomic mass is 16.5. The standard InChI is InChI=1S/C18H27NO2/c1-17-10-9-15(19-3)16(20)18(2,21-17)12-14(11-17)13-7-5-4-6-8-13/h4-8,14-16,19-20H,9-12H2,1-3H3/t14-,15-,16+,17-,18+/m0/s1. The first kappa shape index (κ1) is 15.0. The van der Waals surface area contributed by atoms with Crippen LogP contribution in [-0.4, -0.2) is 35.5 Å². The molecule has 2 aliphatic rings. The third-order valence-corrected chi connectivity index (χ3v) is 5.44. The van der Waals surface area contributed by atoms with Gasteiger partial charge in [0.05, 0.1) is 17.3 Å². The van der Waals surface area contributed by atoms with E-state index in [1.54, 1.807) is 0 Å². The summed E-state index contributed by atoms with van der Waals surface area (Å²) in [5.41, 5.74) is 0.756. The second-order valence-corrected chi connectivity index (χ2v) is 7.26. The van der Waals surface area contributed by atoms with Gasteiger partial charge in [0.15, 0.2) is 0 Å². The molecule has 1 aromatic carbocycles. The smallest absolute Gasteiger partial charge is 0.0979 e. The minimum Gasteiger partial charge on any atom is -0.388 e. The van der Waals surface area contributed by atoms with E-state index >= 15 is 0 Å². The lowest BCUT2D eigenvalue weighted by molar-refractivity contribution is -0.212. The summed E-state index contributed by atoms with van der Waals surface area (Å²) in [4.78, 5) is 0. The topological polar surface area (TPSA) is 41.5 Å². The van der Waals surface area contributed by atoms with Crippen LogP contribution in [0.5, 0.6) is 0 Å². The molecule has 21 heavy (non-hydrogen) atoms. The van der Waals surface area contributed by atoms with E-state index in [9.17, 15) is 5.11 Å². The van der Waals surface area contributed by atoms with E-state index in [0.717, 1.165) is 25.7 Å². The van der Waals surface area contributed by atoms with E-state index in [-0.39, 0.29) is 11.6 Å². The number of hydrogen-bond acceptors (Lipinski definition) is 3. The van der Waals surface area contributed by atoms with Crippen molar-refractivity contribution in [2.75, 3.05) is 7.05 Å². The zero-order valence-corrected chi connectivity index (χ0v) is 13.3. The van der Waals surface area contributed by atoms with Crippen LogP contribution in [0.4, 0.5) is 0 Å². The number of benzene rings is 1. The lowest BCUT2D eigenvalue weighted by atomic mass is 9.74. The number of nitrogens with one attached hydrogen (secondary N) is 1. The summed E-state index contributed by atoms with van der Waals surface area (Å²) >= 11 is 0. The largest absolute Gasteiger partial charge is 0.388 e. The van der Waals surface area contributed by atoms with Gasteiger partial charge in [0.25, 0.3) is 0 Å². The van der Waals surface area contributed by atoms with Crippen molar-refractivity contribution in [3.8, 4) is 0 Å². The lowest BCUT2D eigenvalue weighted by Crippen LogP contribution is -2.56. The van der Waals surface area contributed by atoms with Crippen LogP contribution in [-0.2, 0) is 4.74 Å². The Morgan fingerprint density at radius 3 is 2.57 bits per heavy atom. The Kier molecular flexibility index (Phi) is 3.85. The number of aliphatic hydroxyl groups excluding tert-OH is 1. The molecule has 116 valence electrons. The minimum atomic E-state index is -0.475. The van der Waals surface area contributed by atoms with Gasteiger partial charge in [-0.15, -0.1) is 0 Å². The number of fused-ring (bicyclic) bond motifs is 2. The molecule has 3 rings (SSSR count). The molecule has 2 heterocycles. The Labute approximate surface area is 127 Å². The van der Waals surface area contributed by atoms with Gasteiger partial charge in [-0.25, -0.2) is 0 Å². The predicted octanol–water partition coefficient (Wildman–Crippen LogP) is 2.84. The molecule has 1 aromatic rings. The van der Waals surface area contributed by atoms with Gasteiger partial charge in [0, 0.05) is 6.04 Å². The summed E-state index contributed by atoms with van der Waals surface area (Å²) in [5, 5.41) is 14.1. The van der Waals surface area contributed by atoms with E-state index in [1.807, 2.05) is 7.05 Å². The van der Waals surface area contributed by atoms with Crippen LogP contribution < -0.4 is 5.32 Å². The van der Waals surface area contributed by atoms with Crippen LogP contribution in [0.3, 0.4) is 0 Å². The zero-order chi connectivity index (χ0) is 15.1. The summed E-state index contributed by atoms with van der Waals surface area (Å²) in [6.07, 6.45) is 3.41. The van der Waals surface area contributed by atoms with Crippen molar-refractivity contribution in [2.45, 2.75) is 68.8 Å². The molecule has 2 fully saturated rings. The van der Waals surface area contributed by atoms with Gasteiger partial charge in [0.2, 0.25) is 0 Å². The molecule has 3 nitrogen and oxygen atoms in total. The summed E-state index contributed by atoms with van der Waals surface area (Å²) in [6.45, 7) is 4.30. The summed E-state index contributed by atoms with van der Waals surface area (Å²) in [5.74, 6) is 0.459. The lowest BCUT2D eigenvalue weighted by Gasteiger charge is -2.49. The number of ether oxygens (including phenoxy) is 1. The van der Waals surface area contributed by atoms with Crippen molar-refractivity contribution in [1.82, 2.24) is 5.32 Å². The molecule has 0 aliphatic carbocycles. The monoisotopic (exact) mass is 289 g/mol. The van der Waals surface area contributed by atoms with Crippen molar-refractivity contribution in [3.63, 3.8) is 0 Å². The van der Waals surface area contributed by atoms with E-state index in [2.05, 4.69) is 49.5 Å². The van der Waals surface area contributed by atoms with Gasteiger partial charge in [0.1, 0.15) is 0 Å². The van der Waals surface area contributed by atoms with E-state index < -0.39 is 11.7 Å². The Hall–Kier alpha value is -0.900. The van der Waals surface area contributed by atoms with Crippen LogP contribution in [0.2, 0.25) is 0 Å². The first-order valence-electron chi connectivity index (χ1n) is 8.06. The Morgan fingerprint density at radius 2 is 1.90 bits per heavy atom. The number of rotatable bonds is 2. The maximum absolute atomic E-state index is 10.8. The first-order chi connectivity index (χ1) is 9.96. The van der Waals surface area contributed by atoms with E-state index in [1.165, 1.54) is 5.56 Å². The molecular weight excluding hydrogens is 262 g/mol. The third kappa shape index (κ3) is 2.75. The minimum absolute atomic E-state index is 0.117. The van der Waals surface area contributed by atoms with Crippen LogP contribution in [0.15, 0.2) is 30.3 Å². The number of hydrogen-bond donors (Lipinski definition) is 2. The van der Waals surface area contributed by atoms with Crippen LogP contribution in [0.1, 0.15) is 51.0 Å². The van der Waals surface area contributed by atoms with Crippen LogP contribution >= 0.6 is 0 Å². The molecule has 0 amide bonds. The van der Waals surface area contributed by atoms with Crippen molar-refractivity contribution in [2.24, 2.45) is 0 Å². The van der Waals surface area contributed by atoms with Crippen molar-refractivity contribution in [3.05, 3.63) is 35.9 Å². The van der Waals surface area contributed by atoms with Gasteiger partial charge in [-0.2, -0.15) is 0 Å². The molecule has 0 aromatic heterocycles. The van der Waals surface area contributed by atoms with Crippen molar-refractivity contribution < 1.29 is 9.84 Å². The molecular formula is C18H27NO2. The second-order valence-electron chi connectivity index (χ2n) is 7.26. The Balaban J connectivity index is 1.94. The Morgan fingerprint density at radius 1 is 1.19 bits per heavy atom. The maximum atomic E-state index is 10.8. The molecule has 0 spiro atoms. The maximum Gasteiger partial charge on any atom is 0.0979 e. The fourth-order valence-electron chi connectivity index (χ4n) is 4.37. The Bertz CT molecular complexity index is 491. The third-order valence-electron chi connectivity index (χ3n) is 5.44. The SMILES string of the molecule is CN[C@H]1CC[C@@]2(C)C[C@H](c3ccccc3)C[C@@](C)(O2)[C@@H]1O.